The first-order valence-corrected chi connectivity index (χ1v) is 18.3. The molecule has 4 fully saturated rings. The van der Waals surface area contributed by atoms with E-state index in [1.54, 1.807) is 25.2 Å². The zero-order valence-electron chi connectivity index (χ0n) is 29.4. The number of imide groups is 1. The van der Waals surface area contributed by atoms with Crippen molar-refractivity contribution >= 4 is 51.9 Å². The number of nitrogens with zero attached hydrogens (tertiary/aromatic N) is 8. The number of hydrogen-bond acceptors (Lipinski definition) is 10. The van der Waals surface area contributed by atoms with Crippen LogP contribution < -0.4 is 20.4 Å². The second kappa shape index (κ2) is 13.9. The van der Waals surface area contributed by atoms with Gasteiger partial charge in [0, 0.05) is 95.6 Å². The van der Waals surface area contributed by atoms with Crippen LogP contribution in [0, 0.1) is 5.92 Å². The Labute approximate surface area is 298 Å². The summed E-state index contributed by atoms with van der Waals surface area (Å²) in [6.45, 7) is 7.12. The number of aromatic nitrogens is 4. The number of pyridine rings is 1. The molecule has 4 aromatic rings. The molecule has 0 bridgehead atoms. The SMILES string of the molecule is CN(C)C(=O)c1cc2cnc(Nc3ccc(N4CCN(CC5CN(c6ccc(C7CCC(=O)NC7=O)cc6)C5)CC4)cn3)nc2n1C1CCCC1. The number of fused-ring (bicyclic) bond motifs is 1. The molecule has 266 valence electrons. The minimum atomic E-state index is -0.239. The lowest BCUT2D eigenvalue weighted by Crippen LogP contribution is -2.55. The number of carbonyl (C=O) groups excluding carboxylic acids is 3. The summed E-state index contributed by atoms with van der Waals surface area (Å²) in [5.74, 6) is 1.17. The number of piperazine rings is 1. The number of hydrogen-bond donors (Lipinski definition) is 2. The Bertz CT molecular complexity index is 1900. The van der Waals surface area contributed by atoms with Crippen LogP contribution >= 0.6 is 0 Å². The Kier molecular flexibility index (Phi) is 9.05. The maximum absolute atomic E-state index is 13.0. The molecule has 1 aliphatic carbocycles. The van der Waals surface area contributed by atoms with Crippen LogP contribution in [0.2, 0.25) is 0 Å². The zero-order valence-corrected chi connectivity index (χ0v) is 29.4. The van der Waals surface area contributed by atoms with Crippen molar-refractivity contribution in [2.45, 2.75) is 50.5 Å². The van der Waals surface area contributed by atoms with Crippen molar-refractivity contribution in [3.8, 4) is 0 Å². The minimum absolute atomic E-state index is 0.0186. The van der Waals surface area contributed by atoms with Gasteiger partial charge in [0.2, 0.25) is 17.8 Å². The molecule has 4 aliphatic rings. The molecule has 13 heteroatoms. The third kappa shape index (κ3) is 6.86. The van der Waals surface area contributed by atoms with Crippen LogP contribution in [0.1, 0.15) is 66.5 Å². The highest BCUT2D eigenvalue weighted by Gasteiger charge is 2.32. The average Bonchev–Trinajstić information content (AvgIpc) is 3.78. The third-order valence-corrected chi connectivity index (χ3v) is 11.0. The van der Waals surface area contributed by atoms with Gasteiger partial charge in [0.25, 0.3) is 5.91 Å². The second-order valence-electron chi connectivity index (χ2n) is 14.7. The number of piperidine rings is 1. The minimum Gasteiger partial charge on any atom is -0.371 e. The van der Waals surface area contributed by atoms with Gasteiger partial charge in [-0.2, -0.15) is 4.98 Å². The lowest BCUT2D eigenvalue weighted by atomic mass is 9.90. The fourth-order valence-electron chi connectivity index (χ4n) is 8.13. The molecule has 1 aromatic carbocycles. The smallest absolute Gasteiger partial charge is 0.270 e. The molecule has 8 rings (SSSR count). The van der Waals surface area contributed by atoms with E-state index in [1.807, 2.05) is 30.5 Å². The van der Waals surface area contributed by atoms with Crippen molar-refractivity contribution in [3.63, 3.8) is 0 Å². The van der Waals surface area contributed by atoms with Gasteiger partial charge >= 0.3 is 0 Å². The quantitative estimate of drug-likeness (QED) is 0.247. The molecule has 0 spiro atoms. The molecule has 51 heavy (non-hydrogen) atoms. The Morgan fingerprint density at radius 2 is 1.65 bits per heavy atom. The van der Waals surface area contributed by atoms with Crippen LogP contribution in [0.4, 0.5) is 23.1 Å². The number of benzene rings is 1. The largest absolute Gasteiger partial charge is 0.371 e. The fourth-order valence-corrected chi connectivity index (χ4v) is 8.13. The van der Waals surface area contributed by atoms with Crippen molar-refractivity contribution in [1.29, 1.82) is 0 Å². The molecule has 13 nitrogen and oxygen atoms in total. The highest BCUT2D eigenvalue weighted by Crippen LogP contribution is 2.35. The molecule has 3 saturated heterocycles. The highest BCUT2D eigenvalue weighted by atomic mass is 16.2. The first-order valence-electron chi connectivity index (χ1n) is 18.3. The molecule has 3 aromatic heterocycles. The van der Waals surface area contributed by atoms with E-state index in [0.717, 1.165) is 93.8 Å². The lowest BCUT2D eigenvalue weighted by molar-refractivity contribution is -0.134. The summed E-state index contributed by atoms with van der Waals surface area (Å²) in [5.41, 5.74) is 4.73. The summed E-state index contributed by atoms with van der Waals surface area (Å²) in [6.07, 6.45) is 9.10. The van der Waals surface area contributed by atoms with Crippen LogP contribution in [0.25, 0.3) is 11.0 Å². The normalized spacial score (nSPS) is 20.5. The maximum atomic E-state index is 13.0. The molecule has 2 N–H and O–H groups in total. The highest BCUT2D eigenvalue weighted by molar-refractivity contribution is 6.01. The van der Waals surface area contributed by atoms with Crippen LogP contribution in [-0.2, 0) is 9.59 Å². The van der Waals surface area contributed by atoms with Crippen molar-refractivity contribution in [2.24, 2.45) is 5.92 Å². The van der Waals surface area contributed by atoms with Gasteiger partial charge in [-0.15, -0.1) is 0 Å². The van der Waals surface area contributed by atoms with Crippen LogP contribution in [0.5, 0.6) is 0 Å². The van der Waals surface area contributed by atoms with E-state index in [0.29, 0.717) is 36.2 Å². The van der Waals surface area contributed by atoms with Crippen LogP contribution in [0.3, 0.4) is 0 Å². The van der Waals surface area contributed by atoms with Crippen molar-refractivity contribution in [3.05, 3.63) is 66.1 Å². The van der Waals surface area contributed by atoms with Gasteiger partial charge in [0.05, 0.1) is 17.8 Å². The van der Waals surface area contributed by atoms with Crippen molar-refractivity contribution in [2.75, 3.05) is 75.0 Å². The number of amides is 3. The van der Waals surface area contributed by atoms with E-state index in [9.17, 15) is 14.4 Å². The average molecular weight is 691 g/mol. The van der Waals surface area contributed by atoms with E-state index in [-0.39, 0.29) is 29.7 Å². The molecular weight excluding hydrogens is 644 g/mol. The Hall–Kier alpha value is -5.04. The summed E-state index contributed by atoms with van der Waals surface area (Å²) in [7, 11) is 3.57. The lowest BCUT2D eigenvalue weighted by Gasteiger charge is -2.45. The van der Waals surface area contributed by atoms with Crippen molar-refractivity contribution < 1.29 is 14.4 Å². The number of anilines is 4. The second-order valence-corrected chi connectivity index (χ2v) is 14.7. The predicted molar refractivity (Wildman–Crippen MR) is 196 cm³/mol. The monoisotopic (exact) mass is 690 g/mol. The molecular formula is C38H46N10O3. The summed E-state index contributed by atoms with van der Waals surface area (Å²) in [5, 5.41) is 6.61. The van der Waals surface area contributed by atoms with Gasteiger partial charge in [0.15, 0.2) is 0 Å². The molecule has 1 unspecified atom stereocenters. The van der Waals surface area contributed by atoms with E-state index >= 15 is 0 Å². The number of carbonyl (C=O) groups is 3. The molecule has 1 atom stereocenters. The first-order chi connectivity index (χ1) is 24.8. The number of nitrogens with one attached hydrogen (secondary N) is 2. The Morgan fingerprint density at radius 1 is 0.902 bits per heavy atom. The van der Waals surface area contributed by atoms with E-state index in [2.05, 4.69) is 53.1 Å². The molecule has 0 radical (unpaired) electrons. The third-order valence-electron chi connectivity index (χ3n) is 11.0. The first kappa shape index (κ1) is 33.1. The van der Waals surface area contributed by atoms with Gasteiger partial charge in [-0.05, 0) is 55.2 Å². The van der Waals surface area contributed by atoms with Gasteiger partial charge in [-0.3, -0.25) is 24.6 Å². The van der Waals surface area contributed by atoms with Gasteiger partial charge in [-0.25, -0.2) is 9.97 Å². The fraction of sp³-hybridized carbons (Fsp3) is 0.474. The van der Waals surface area contributed by atoms with Gasteiger partial charge in [-0.1, -0.05) is 25.0 Å². The molecule has 3 aliphatic heterocycles. The summed E-state index contributed by atoms with van der Waals surface area (Å²) in [6, 6.07) is 14.6. The van der Waals surface area contributed by atoms with Gasteiger partial charge < -0.3 is 24.6 Å². The Balaban J connectivity index is 0.823. The molecule has 3 amide bonds. The van der Waals surface area contributed by atoms with E-state index in [4.69, 9.17) is 9.97 Å². The standard InChI is InChI=1S/C38H46N10O3/c1-44(2)37(51)32-19-27-20-40-38(43-35(27)48(32)29-5-3-4-6-29)41-33-13-11-30(21-39-33)46-17-15-45(16-18-46)22-25-23-47(24-25)28-9-7-26(8-10-28)31-12-14-34(49)42-36(31)50/h7-11,13,19-21,25,29,31H,3-6,12,14-18,22-24H2,1-2H3,(H,42,49,50)(H,39,40,41,43). The molecule has 6 heterocycles. The predicted octanol–water partition coefficient (Wildman–Crippen LogP) is 4.17. The Morgan fingerprint density at radius 3 is 2.33 bits per heavy atom. The maximum Gasteiger partial charge on any atom is 0.270 e. The van der Waals surface area contributed by atoms with E-state index < -0.39 is 0 Å². The summed E-state index contributed by atoms with van der Waals surface area (Å²) < 4.78 is 2.13. The van der Waals surface area contributed by atoms with Gasteiger partial charge in [0.1, 0.15) is 17.2 Å². The van der Waals surface area contributed by atoms with Crippen LogP contribution in [-0.4, -0.2) is 107 Å². The molecule has 1 saturated carbocycles. The number of rotatable bonds is 9. The van der Waals surface area contributed by atoms with Crippen molar-refractivity contribution in [1.82, 2.24) is 34.6 Å². The topological polar surface area (TPSA) is 132 Å². The van der Waals surface area contributed by atoms with E-state index in [1.165, 1.54) is 5.69 Å². The zero-order chi connectivity index (χ0) is 35.1. The van der Waals surface area contributed by atoms with Crippen LogP contribution in [0.15, 0.2) is 54.9 Å². The summed E-state index contributed by atoms with van der Waals surface area (Å²) in [4.78, 5) is 59.9. The summed E-state index contributed by atoms with van der Waals surface area (Å²) >= 11 is 0.